The van der Waals surface area contributed by atoms with E-state index in [4.69, 9.17) is 10.6 Å². The fourth-order valence-electron chi connectivity index (χ4n) is 2.11. The van der Waals surface area contributed by atoms with Crippen LogP contribution in [0.2, 0.25) is 0 Å². The monoisotopic (exact) mass is 285 g/mol. The van der Waals surface area contributed by atoms with Gasteiger partial charge in [0.2, 0.25) is 11.9 Å². The molecule has 0 aromatic heterocycles. The molecule has 0 bridgehead atoms. The summed E-state index contributed by atoms with van der Waals surface area (Å²) >= 11 is 0. The summed E-state index contributed by atoms with van der Waals surface area (Å²) in [5.74, 6) is 5.96. The van der Waals surface area contributed by atoms with E-state index < -0.39 is 0 Å². The van der Waals surface area contributed by atoms with E-state index in [0.29, 0.717) is 25.7 Å². The van der Waals surface area contributed by atoms with Crippen LogP contribution in [0.3, 0.4) is 0 Å². The molecular formula is C13H27N5O2. The lowest BCUT2D eigenvalue weighted by Gasteiger charge is -2.22. The summed E-state index contributed by atoms with van der Waals surface area (Å²) in [7, 11) is 0. The smallest absolute Gasteiger partial charge is 0.244 e. The van der Waals surface area contributed by atoms with E-state index in [0.717, 1.165) is 32.4 Å². The summed E-state index contributed by atoms with van der Waals surface area (Å²) in [6.07, 6.45) is 3.01. The van der Waals surface area contributed by atoms with Crippen LogP contribution in [0.1, 0.15) is 33.1 Å². The molecule has 0 radical (unpaired) electrons. The van der Waals surface area contributed by atoms with Crippen LogP contribution in [0.25, 0.3) is 0 Å². The van der Waals surface area contributed by atoms with E-state index in [9.17, 15) is 4.79 Å². The van der Waals surface area contributed by atoms with Crippen LogP contribution in [-0.2, 0) is 9.53 Å². The lowest BCUT2D eigenvalue weighted by Crippen LogP contribution is -2.51. The average Bonchev–Trinajstić information content (AvgIpc) is 2.98. The first-order valence-corrected chi connectivity index (χ1v) is 7.33. The number of aliphatic imine (C=N–C) groups is 1. The fourth-order valence-corrected chi connectivity index (χ4v) is 2.11. The van der Waals surface area contributed by atoms with Gasteiger partial charge in [-0.1, -0.05) is 0 Å². The number of likely N-dealkylation sites (tertiary alicyclic amines) is 1. The van der Waals surface area contributed by atoms with Gasteiger partial charge in [-0.2, -0.15) is 0 Å². The predicted octanol–water partition coefficient (Wildman–Crippen LogP) is -0.167. The number of carbonyl (C=O) groups is 1. The van der Waals surface area contributed by atoms with Crippen LogP contribution in [0.4, 0.5) is 0 Å². The van der Waals surface area contributed by atoms with Crippen molar-refractivity contribution in [2.45, 2.75) is 39.2 Å². The minimum absolute atomic E-state index is 0.0970. The molecule has 4 N–H and O–H groups in total. The Kier molecular flexibility index (Phi) is 7.98. The fraction of sp³-hybridized carbons (Fsp3) is 0.846. The van der Waals surface area contributed by atoms with Gasteiger partial charge in [-0.05, 0) is 33.1 Å². The Morgan fingerprint density at radius 2 is 2.15 bits per heavy atom. The number of carbonyl (C=O) groups excluding carboxylic acids is 1. The molecule has 116 valence electrons. The molecule has 1 saturated heterocycles. The topological polar surface area (TPSA) is 92.0 Å². The number of ether oxygens (including phenoxy) is 1. The van der Waals surface area contributed by atoms with Gasteiger partial charge in [-0.3, -0.25) is 15.2 Å². The van der Waals surface area contributed by atoms with Gasteiger partial charge in [0.25, 0.3) is 0 Å². The molecule has 0 aromatic rings. The minimum Gasteiger partial charge on any atom is -0.382 e. The zero-order valence-corrected chi connectivity index (χ0v) is 12.5. The molecule has 0 saturated carbocycles. The number of hydrazine groups is 1. The maximum absolute atomic E-state index is 12.1. The van der Waals surface area contributed by atoms with Crippen LogP contribution in [0.15, 0.2) is 4.99 Å². The normalized spacial score (nSPS) is 17.1. The van der Waals surface area contributed by atoms with E-state index in [1.807, 2.05) is 18.7 Å². The lowest BCUT2D eigenvalue weighted by atomic mass is 10.3. The Hall–Kier alpha value is -1.34. The summed E-state index contributed by atoms with van der Waals surface area (Å²) in [6, 6.07) is -0.324. The molecular weight excluding hydrogens is 258 g/mol. The molecule has 0 aliphatic carbocycles. The zero-order valence-electron chi connectivity index (χ0n) is 12.5. The minimum atomic E-state index is -0.324. The van der Waals surface area contributed by atoms with E-state index >= 15 is 0 Å². The van der Waals surface area contributed by atoms with E-state index in [1.54, 1.807) is 0 Å². The molecule has 1 fully saturated rings. The van der Waals surface area contributed by atoms with Crippen LogP contribution in [0.5, 0.6) is 0 Å². The van der Waals surface area contributed by atoms with E-state index in [-0.39, 0.29) is 11.9 Å². The van der Waals surface area contributed by atoms with Gasteiger partial charge in [-0.25, -0.2) is 5.84 Å². The van der Waals surface area contributed by atoms with Gasteiger partial charge in [-0.15, -0.1) is 0 Å². The summed E-state index contributed by atoms with van der Waals surface area (Å²) < 4.78 is 5.23. The summed E-state index contributed by atoms with van der Waals surface area (Å²) in [6.45, 7) is 7.49. The highest BCUT2D eigenvalue weighted by Crippen LogP contribution is 2.08. The molecule has 1 atom stereocenters. The lowest BCUT2D eigenvalue weighted by molar-refractivity contribution is -0.131. The Morgan fingerprint density at radius 1 is 1.45 bits per heavy atom. The Bertz CT molecular complexity index is 316. The Labute approximate surface area is 120 Å². The first-order chi connectivity index (χ1) is 9.69. The van der Waals surface area contributed by atoms with Crippen molar-refractivity contribution in [2.75, 3.05) is 32.8 Å². The molecule has 1 rings (SSSR count). The number of nitrogens with zero attached hydrogens (tertiary/aromatic N) is 2. The average molecular weight is 285 g/mol. The van der Waals surface area contributed by atoms with Gasteiger partial charge < -0.3 is 15.0 Å². The van der Waals surface area contributed by atoms with Crippen molar-refractivity contribution >= 4 is 11.9 Å². The second kappa shape index (κ2) is 9.55. The van der Waals surface area contributed by atoms with Crippen molar-refractivity contribution < 1.29 is 9.53 Å². The van der Waals surface area contributed by atoms with Gasteiger partial charge in [0.1, 0.15) is 6.04 Å². The molecule has 1 amide bonds. The van der Waals surface area contributed by atoms with E-state index in [1.165, 1.54) is 0 Å². The SMILES string of the molecule is CCOCCCN=C(NN)NC(C)C(=O)N1CCCC1. The molecule has 7 nitrogen and oxygen atoms in total. The van der Waals surface area contributed by atoms with Crippen LogP contribution in [0, 0.1) is 0 Å². The van der Waals surface area contributed by atoms with E-state index in [2.05, 4.69) is 15.7 Å². The molecule has 0 aromatic carbocycles. The number of amides is 1. The molecule has 1 aliphatic rings. The third kappa shape index (κ3) is 5.75. The number of nitrogens with one attached hydrogen (secondary N) is 2. The number of rotatable bonds is 7. The number of guanidine groups is 1. The maximum Gasteiger partial charge on any atom is 0.244 e. The van der Waals surface area contributed by atoms with Crippen molar-refractivity contribution in [2.24, 2.45) is 10.8 Å². The summed E-state index contributed by atoms with van der Waals surface area (Å²) in [5, 5.41) is 3.02. The second-order valence-electron chi connectivity index (χ2n) is 4.82. The Morgan fingerprint density at radius 3 is 2.75 bits per heavy atom. The van der Waals surface area contributed by atoms with Crippen LogP contribution < -0.4 is 16.6 Å². The molecule has 1 heterocycles. The number of hydrogen-bond donors (Lipinski definition) is 3. The zero-order chi connectivity index (χ0) is 14.8. The maximum atomic E-state index is 12.1. The third-order valence-corrected chi connectivity index (χ3v) is 3.20. The van der Waals surface area contributed by atoms with Crippen molar-refractivity contribution in [3.8, 4) is 0 Å². The second-order valence-corrected chi connectivity index (χ2v) is 4.82. The number of nitrogens with two attached hydrogens (primary N) is 1. The quantitative estimate of drug-likeness (QED) is 0.199. The highest BCUT2D eigenvalue weighted by Gasteiger charge is 2.23. The van der Waals surface area contributed by atoms with Gasteiger partial charge >= 0.3 is 0 Å². The molecule has 1 aliphatic heterocycles. The van der Waals surface area contributed by atoms with Gasteiger partial charge in [0, 0.05) is 32.8 Å². The molecule has 7 heteroatoms. The predicted molar refractivity (Wildman–Crippen MR) is 79.1 cm³/mol. The summed E-state index contributed by atoms with van der Waals surface area (Å²) in [5.41, 5.74) is 2.50. The first kappa shape index (κ1) is 16.7. The molecule has 1 unspecified atom stereocenters. The van der Waals surface area contributed by atoms with Crippen molar-refractivity contribution in [3.05, 3.63) is 0 Å². The van der Waals surface area contributed by atoms with Crippen LogP contribution >= 0.6 is 0 Å². The van der Waals surface area contributed by atoms with Gasteiger partial charge in [0.05, 0.1) is 0 Å². The molecule has 20 heavy (non-hydrogen) atoms. The number of hydrogen-bond acceptors (Lipinski definition) is 4. The Balaban J connectivity index is 2.33. The van der Waals surface area contributed by atoms with Crippen LogP contribution in [-0.4, -0.2) is 55.7 Å². The van der Waals surface area contributed by atoms with Crippen molar-refractivity contribution in [3.63, 3.8) is 0 Å². The van der Waals surface area contributed by atoms with Crippen molar-refractivity contribution in [1.29, 1.82) is 0 Å². The highest BCUT2D eigenvalue weighted by atomic mass is 16.5. The first-order valence-electron chi connectivity index (χ1n) is 7.33. The highest BCUT2D eigenvalue weighted by molar-refractivity contribution is 5.88. The summed E-state index contributed by atoms with van der Waals surface area (Å²) in [4.78, 5) is 18.3. The van der Waals surface area contributed by atoms with Crippen molar-refractivity contribution in [1.82, 2.24) is 15.6 Å². The molecule has 0 spiro atoms. The largest absolute Gasteiger partial charge is 0.382 e. The standard InChI is InChI=1S/C13H27N5O2/c1-3-20-10-6-7-15-13(17-14)16-11(2)12(19)18-8-4-5-9-18/h11H,3-10,14H2,1-2H3,(H2,15,16,17). The van der Waals surface area contributed by atoms with Gasteiger partial charge in [0.15, 0.2) is 0 Å². The third-order valence-electron chi connectivity index (χ3n) is 3.20.